The molecule has 0 atom stereocenters. The zero-order chi connectivity index (χ0) is 19.2. The molecule has 2 aromatic rings. The first-order valence-electron chi connectivity index (χ1n) is 9.97. The predicted molar refractivity (Wildman–Crippen MR) is 108 cm³/mol. The molecule has 0 saturated carbocycles. The zero-order valence-corrected chi connectivity index (χ0v) is 16.4. The third-order valence-corrected chi connectivity index (χ3v) is 5.37. The van der Waals surface area contributed by atoms with Gasteiger partial charge in [0.2, 0.25) is 0 Å². The summed E-state index contributed by atoms with van der Waals surface area (Å²) in [6.07, 6.45) is 2.48. The molecule has 2 heterocycles. The number of benzene rings is 1. The summed E-state index contributed by atoms with van der Waals surface area (Å²) in [5.74, 6) is -0.0467. The van der Waals surface area contributed by atoms with Crippen LogP contribution in [0.3, 0.4) is 0 Å². The van der Waals surface area contributed by atoms with Gasteiger partial charge < -0.3 is 15.3 Å². The van der Waals surface area contributed by atoms with Crippen molar-refractivity contribution in [1.82, 2.24) is 20.1 Å². The summed E-state index contributed by atoms with van der Waals surface area (Å²) in [5, 5.41) is 14.5. The normalized spacial score (nSPS) is 14.9. The van der Waals surface area contributed by atoms with Crippen molar-refractivity contribution in [3.05, 3.63) is 35.5 Å². The van der Waals surface area contributed by atoms with Crippen LogP contribution in [-0.2, 0) is 6.54 Å². The van der Waals surface area contributed by atoms with E-state index in [1.54, 1.807) is 0 Å². The minimum atomic E-state index is -0.211. The maximum Gasteiger partial charge on any atom is 0.270 e. The predicted octanol–water partition coefficient (Wildman–Crippen LogP) is 2.61. The van der Waals surface area contributed by atoms with Crippen LogP contribution in [-0.4, -0.2) is 65.1 Å². The Morgan fingerprint density at radius 2 is 1.93 bits per heavy atom. The number of fused-ring (bicyclic) bond motifs is 1. The molecule has 27 heavy (non-hydrogen) atoms. The first-order chi connectivity index (χ1) is 13.1. The Bertz CT molecular complexity index is 783. The fraction of sp³-hybridized carbons (Fsp3) is 0.524. The van der Waals surface area contributed by atoms with Gasteiger partial charge in [-0.15, -0.1) is 0 Å². The summed E-state index contributed by atoms with van der Waals surface area (Å²) in [5.41, 5.74) is 1.58. The second-order valence-electron chi connectivity index (χ2n) is 7.07. The molecule has 0 bridgehead atoms. The molecule has 0 aliphatic carbocycles. The van der Waals surface area contributed by atoms with Gasteiger partial charge in [-0.1, -0.05) is 26.0 Å². The van der Waals surface area contributed by atoms with Crippen molar-refractivity contribution in [2.24, 2.45) is 0 Å². The smallest absolute Gasteiger partial charge is 0.270 e. The van der Waals surface area contributed by atoms with Crippen LogP contribution >= 0.6 is 0 Å². The highest BCUT2D eigenvalue weighted by Crippen LogP contribution is 2.30. The number of rotatable bonds is 8. The molecule has 2 N–H and O–H groups in total. The van der Waals surface area contributed by atoms with E-state index < -0.39 is 0 Å². The van der Waals surface area contributed by atoms with E-state index in [0.29, 0.717) is 35.2 Å². The molecule has 146 valence electrons. The Morgan fingerprint density at radius 1 is 1.22 bits per heavy atom. The van der Waals surface area contributed by atoms with Gasteiger partial charge in [0.05, 0.1) is 5.52 Å². The average molecular weight is 370 g/mol. The van der Waals surface area contributed by atoms with Crippen LogP contribution in [0, 0.1) is 0 Å². The number of amides is 1. The molecular formula is C21H30N4O2. The summed E-state index contributed by atoms with van der Waals surface area (Å²) in [6, 6.07) is 7.42. The largest absolute Gasteiger partial charge is 0.507 e. The monoisotopic (exact) mass is 370 g/mol. The summed E-state index contributed by atoms with van der Waals surface area (Å²) in [4.78, 5) is 22.0. The Hall–Kier alpha value is -2.18. The van der Waals surface area contributed by atoms with Crippen LogP contribution in [0.2, 0.25) is 0 Å². The van der Waals surface area contributed by atoms with Crippen molar-refractivity contribution < 1.29 is 9.90 Å². The van der Waals surface area contributed by atoms with Crippen LogP contribution in [0.5, 0.6) is 5.75 Å². The van der Waals surface area contributed by atoms with E-state index in [0.717, 1.165) is 32.7 Å². The van der Waals surface area contributed by atoms with Gasteiger partial charge in [-0.3, -0.25) is 9.69 Å². The van der Waals surface area contributed by atoms with Crippen molar-refractivity contribution in [2.75, 3.05) is 39.3 Å². The van der Waals surface area contributed by atoms with Gasteiger partial charge in [-0.25, -0.2) is 4.98 Å². The highest BCUT2D eigenvalue weighted by molar-refractivity contribution is 5.99. The van der Waals surface area contributed by atoms with E-state index in [4.69, 9.17) is 0 Å². The molecule has 1 aliphatic heterocycles. The number of nitrogens with one attached hydrogen (secondary N) is 1. The van der Waals surface area contributed by atoms with Gasteiger partial charge in [-0.2, -0.15) is 0 Å². The minimum absolute atomic E-state index is 0.164. The number of hydrogen-bond acceptors (Lipinski definition) is 5. The van der Waals surface area contributed by atoms with Gasteiger partial charge in [0.25, 0.3) is 5.91 Å². The van der Waals surface area contributed by atoms with Crippen LogP contribution < -0.4 is 5.32 Å². The van der Waals surface area contributed by atoms with E-state index in [-0.39, 0.29) is 11.7 Å². The number of carbonyl (C=O) groups excluding carboxylic acids is 1. The maximum atomic E-state index is 12.9. The average Bonchev–Trinajstić information content (AvgIpc) is 3.20. The third-order valence-electron chi connectivity index (χ3n) is 5.37. The molecule has 6 nitrogen and oxygen atoms in total. The molecular weight excluding hydrogens is 340 g/mol. The summed E-state index contributed by atoms with van der Waals surface area (Å²) < 4.78 is 0. The lowest BCUT2D eigenvalue weighted by Gasteiger charge is -2.21. The van der Waals surface area contributed by atoms with Crippen molar-refractivity contribution in [1.29, 1.82) is 0 Å². The van der Waals surface area contributed by atoms with E-state index in [1.807, 2.05) is 24.3 Å². The zero-order valence-electron chi connectivity index (χ0n) is 16.4. The molecule has 1 fully saturated rings. The van der Waals surface area contributed by atoms with Crippen molar-refractivity contribution in [3.8, 4) is 5.75 Å². The Kier molecular flexibility index (Phi) is 6.63. The van der Waals surface area contributed by atoms with Gasteiger partial charge in [-0.05, 0) is 51.2 Å². The number of aromatic nitrogens is 1. The molecule has 3 rings (SSSR count). The lowest BCUT2D eigenvalue weighted by Crippen LogP contribution is -2.35. The summed E-state index contributed by atoms with van der Waals surface area (Å²) in [6.45, 7) is 10.0. The van der Waals surface area contributed by atoms with Crippen LogP contribution in [0.4, 0.5) is 0 Å². The topological polar surface area (TPSA) is 68.7 Å². The molecule has 1 saturated heterocycles. The summed E-state index contributed by atoms with van der Waals surface area (Å²) >= 11 is 0. The molecule has 1 aromatic heterocycles. The number of pyridine rings is 1. The van der Waals surface area contributed by atoms with Crippen molar-refractivity contribution in [2.45, 2.75) is 33.2 Å². The number of carbonyl (C=O) groups is 1. The number of para-hydroxylation sites is 1. The molecule has 6 heteroatoms. The third kappa shape index (κ3) is 4.57. The first kappa shape index (κ1) is 19.6. The highest BCUT2D eigenvalue weighted by Gasteiger charge is 2.21. The van der Waals surface area contributed by atoms with Gasteiger partial charge >= 0.3 is 0 Å². The molecule has 1 amide bonds. The number of likely N-dealkylation sites (tertiary alicyclic amines) is 1. The van der Waals surface area contributed by atoms with Gasteiger partial charge in [0, 0.05) is 30.6 Å². The lowest BCUT2D eigenvalue weighted by molar-refractivity contribution is 0.0942. The molecule has 1 aliphatic rings. The minimum Gasteiger partial charge on any atom is -0.507 e. The SMILES string of the molecule is CCN(CC)Cc1c(C(=O)NCCN2CCCC2)nc2ccccc2c1O. The molecule has 1 aromatic carbocycles. The van der Waals surface area contributed by atoms with Crippen molar-refractivity contribution >= 4 is 16.8 Å². The summed E-state index contributed by atoms with van der Waals surface area (Å²) in [7, 11) is 0. The van der Waals surface area contributed by atoms with E-state index >= 15 is 0 Å². The maximum absolute atomic E-state index is 12.9. The van der Waals surface area contributed by atoms with Crippen LogP contribution in [0.25, 0.3) is 10.9 Å². The quantitative estimate of drug-likeness (QED) is 0.748. The first-order valence-corrected chi connectivity index (χ1v) is 9.97. The fourth-order valence-corrected chi connectivity index (χ4v) is 3.66. The number of nitrogens with zero attached hydrogens (tertiary/aromatic N) is 3. The van der Waals surface area contributed by atoms with Gasteiger partial charge in [0.15, 0.2) is 0 Å². The standard InChI is InChI=1S/C21H30N4O2/c1-3-24(4-2)15-17-19(21(27)22-11-14-25-12-7-8-13-25)23-18-10-6-5-9-16(18)20(17)26/h5-6,9-10H,3-4,7-8,11-15H2,1-2H3,(H,22,27)(H,23,26). The highest BCUT2D eigenvalue weighted by atomic mass is 16.3. The van der Waals surface area contributed by atoms with E-state index in [1.165, 1.54) is 12.8 Å². The van der Waals surface area contributed by atoms with E-state index in [2.05, 4.69) is 33.9 Å². The second-order valence-corrected chi connectivity index (χ2v) is 7.07. The lowest BCUT2D eigenvalue weighted by atomic mass is 10.1. The molecule has 0 unspecified atom stereocenters. The van der Waals surface area contributed by atoms with E-state index in [9.17, 15) is 9.90 Å². The second kappa shape index (κ2) is 9.15. The Balaban J connectivity index is 1.85. The number of aromatic hydroxyl groups is 1. The van der Waals surface area contributed by atoms with Crippen molar-refractivity contribution in [3.63, 3.8) is 0 Å². The number of hydrogen-bond donors (Lipinski definition) is 2. The Morgan fingerprint density at radius 3 is 2.63 bits per heavy atom. The van der Waals surface area contributed by atoms with Crippen LogP contribution in [0.15, 0.2) is 24.3 Å². The molecule has 0 radical (unpaired) electrons. The van der Waals surface area contributed by atoms with Crippen LogP contribution in [0.1, 0.15) is 42.7 Å². The fourth-order valence-electron chi connectivity index (χ4n) is 3.66. The Labute approximate surface area is 161 Å². The van der Waals surface area contributed by atoms with Gasteiger partial charge in [0.1, 0.15) is 11.4 Å². The molecule has 0 spiro atoms.